The number of aromatic nitrogens is 1. The van der Waals surface area contributed by atoms with Crippen LogP contribution in [0, 0.1) is 6.92 Å². The molecule has 4 rings (SSSR count). The van der Waals surface area contributed by atoms with Crippen LogP contribution in [-0.4, -0.2) is 4.57 Å². The van der Waals surface area contributed by atoms with Crippen LogP contribution in [0.15, 0.2) is 101 Å². The number of hydrogen-bond donors (Lipinski definition) is 1. The highest BCUT2D eigenvalue weighted by atomic mass is 32.2. The molecule has 0 aliphatic carbocycles. The Morgan fingerprint density at radius 3 is 1.96 bits per heavy atom. The van der Waals surface area contributed by atoms with Crippen LogP contribution in [0.4, 0.5) is 5.69 Å². The summed E-state index contributed by atoms with van der Waals surface area (Å²) in [6.07, 6.45) is 0. The monoisotopic (exact) mass is 356 g/mol. The molecule has 0 bridgehead atoms. The van der Waals surface area contributed by atoms with E-state index < -0.39 is 0 Å². The molecule has 0 saturated carbocycles. The molecule has 2 nitrogen and oxygen atoms in total. The second-order valence-electron chi connectivity index (χ2n) is 6.23. The van der Waals surface area contributed by atoms with Gasteiger partial charge in [-0.25, -0.2) is 0 Å². The van der Waals surface area contributed by atoms with Crippen molar-refractivity contribution < 1.29 is 0 Å². The molecule has 0 aliphatic heterocycles. The summed E-state index contributed by atoms with van der Waals surface area (Å²) < 4.78 is 2.30. The standard InChI is InChI=1S/C23H20N2S/c1-17-7-16-23(18-5-3-2-4-6-18)25(17)20-10-14-22(15-11-20)26-21-12-8-19(24)9-13-21/h2-16H,24H2,1H3. The average Bonchev–Trinajstić information content (AvgIpc) is 3.06. The zero-order valence-corrected chi connectivity index (χ0v) is 15.4. The third-order valence-corrected chi connectivity index (χ3v) is 5.37. The highest BCUT2D eigenvalue weighted by molar-refractivity contribution is 7.99. The summed E-state index contributed by atoms with van der Waals surface area (Å²) in [4.78, 5) is 2.40. The molecule has 0 saturated heterocycles. The number of anilines is 1. The fraction of sp³-hybridized carbons (Fsp3) is 0.0435. The first kappa shape index (κ1) is 16.6. The van der Waals surface area contributed by atoms with Crippen molar-refractivity contribution in [1.82, 2.24) is 4.57 Å². The summed E-state index contributed by atoms with van der Waals surface area (Å²) in [5.74, 6) is 0. The molecule has 0 radical (unpaired) electrons. The van der Waals surface area contributed by atoms with Gasteiger partial charge in [-0.05, 0) is 73.2 Å². The summed E-state index contributed by atoms with van der Waals surface area (Å²) in [6, 6.07) is 31.5. The van der Waals surface area contributed by atoms with Gasteiger partial charge in [0.15, 0.2) is 0 Å². The van der Waals surface area contributed by atoms with E-state index in [-0.39, 0.29) is 0 Å². The van der Waals surface area contributed by atoms with Gasteiger partial charge in [0.1, 0.15) is 0 Å². The lowest BCUT2D eigenvalue weighted by Gasteiger charge is -2.13. The quantitative estimate of drug-likeness (QED) is 0.442. The van der Waals surface area contributed by atoms with Crippen LogP contribution < -0.4 is 5.73 Å². The van der Waals surface area contributed by atoms with Crippen molar-refractivity contribution in [2.24, 2.45) is 0 Å². The van der Waals surface area contributed by atoms with Crippen molar-refractivity contribution in [2.75, 3.05) is 5.73 Å². The van der Waals surface area contributed by atoms with E-state index in [0.29, 0.717) is 0 Å². The van der Waals surface area contributed by atoms with Gasteiger partial charge >= 0.3 is 0 Å². The number of hydrogen-bond acceptors (Lipinski definition) is 2. The number of rotatable bonds is 4. The molecular weight excluding hydrogens is 336 g/mol. The number of nitrogens with two attached hydrogens (primary N) is 1. The Morgan fingerprint density at radius 2 is 1.31 bits per heavy atom. The van der Waals surface area contributed by atoms with Gasteiger partial charge in [-0.15, -0.1) is 0 Å². The lowest BCUT2D eigenvalue weighted by Crippen LogP contribution is -1.98. The third-order valence-electron chi connectivity index (χ3n) is 4.36. The van der Waals surface area contributed by atoms with Crippen LogP contribution in [0.1, 0.15) is 5.69 Å². The zero-order chi connectivity index (χ0) is 17.9. The number of aryl methyl sites for hydroxylation is 1. The van der Waals surface area contributed by atoms with Crippen LogP contribution in [-0.2, 0) is 0 Å². The third kappa shape index (κ3) is 3.39. The van der Waals surface area contributed by atoms with Crippen LogP contribution >= 0.6 is 11.8 Å². The van der Waals surface area contributed by atoms with Crippen molar-refractivity contribution in [3.05, 3.63) is 96.7 Å². The van der Waals surface area contributed by atoms with Gasteiger partial charge in [0.2, 0.25) is 0 Å². The Labute approximate surface area is 158 Å². The van der Waals surface area contributed by atoms with Gasteiger partial charge in [0.05, 0.1) is 5.69 Å². The molecule has 0 spiro atoms. The van der Waals surface area contributed by atoms with E-state index in [1.54, 1.807) is 11.8 Å². The molecule has 3 aromatic carbocycles. The van der Waals surface area contributed by atoms with E-state index in [0.717, 1.165) is 5.69 Å². The Morgan fingerprint density at radius 1 is 0.692 bits per heavy atom. The first-order chi connectivity index (χ1) is 12.7. The summed E-state index contributed by atoms with van der Waals surface area (Å²) in [5.41, 5.74) is 11.4. The minimum Gasteiger partial charge on any atom is -0.399 e. The zero-order valence-electron chi connectivity index (χ0n) is 14.6. The fourth-order valence-electron chi connectivity index (χ4n) is 3.05. The first-order valence-electron chi connectivity index (χ1n) is 8.58. The molecule has 0 amide bonds. The summed E-state index contributed by atoms with van der Waals surface area (Å²) in [6.45, 7) is 2.14. The Balaban J connectivity index is 1.63. The van der Waals surface area contributed by atoms with Gasteiger partial charge in [-0.1, -0.05) is 42.1 Å². The molecule has 0 atom stereocenters. The maximum atomic E-state index is 5.76. The lowest BCUT2D eigenvalue weighted by atomic mass is 10.1. The fourth-order valence-corrected chi connectivity index (χ4v) is 3.87. The topological polar surface area (TPSA) is 30.9 Å². The predicted octanol–water partition coefficient (Wildman–Crippen LogP) is 6.19. The SMILES string of the molecule is Cc1ccc(-c2ccccc2)n1-c1ccc(Sc2ccc(N)cc2)cc1. The highest BCUT2D eigenvalue weighted by Gasteiger charge is 2.09. The van der Waals surface area contributed by atoms with Crippen molar-refractivity contribution >= 4 is 17.4 Å². The number of nitrogen functional groups attached to an aromatic ring is 1. The van der Waals surface area contributed by atoms with E-state index in [9.17, 15) is 0 Å². The normalized spacial score (nSPS) is 10.8. The molecule has 2 N–H and O–H groups in total. The predicted molar refractivity (Wildman–Crippen MR) is 111 cm³/mol. The number of nitrogens with zero attached hydrogens (tertiary/aromatic N) is 1. The Bertz CT molecular complexity index is 1000. The number of benzene rings is 3. The van der Waals surface area contributed by atoms with Crippen LogP contribution in [0.25, 0.3) is 16.9 Å². The molecule has 0 unspecified atom stereocenters. The van der Waals surface area contributed by atoms with E-state index in [2.05, 4.69) is 84.3 Å². The second kappa shape index (κ2) is 7.14. The molecule has 1 aromatic heterocycles. The minimum atomic E-state index is 0.793. The Kier molecular flexibility index (Phi) is 4.55. The van der Waals surface area contributed by atoms with Crippen molar-refractivity contribution in [2.45, 2.75) is 16.7 Å². The van der Waals surface area contributed by atoms with E-state index in [1.165, 1.54) is 32.4 Å². The molecule has 3 heteroatoms. The average molecular weight is 356 g/mol. The van der Waals surface area contributed by atoms with Gasteiger partial charge in [0, 0.05) is 26.9 Å². The maximum Gasteiger partial charge on any atom is 0.0531 e. The second-order valence-corrected chi connectivity index (χ2v) is 7.37. The molecule has 4 aromatic rings. The van der Waals surface area contributed by atoms with Crippen molar-refractivity contribution in [1.29, 1.82) is 0 Å². The smallest absolute Gasteiger partial charge is 0.0531 e. The van der Waals surface area contributed by atoms with Gasteiger partial charge in [-0.2, -0.15) is 0 Å². The molecule has 128 valence electrons. The van der Waals surface area contributed by atoms with Crippen molar-refractivity contribution in [3.8, 4) is 16.9 Å². The largest absolute Gasteiger partial charge is 0.399 e. The van der Waals surface area contributed by atoms with Crippen LogP contribution in [0.5, 0.6) is 0 Å². The van der Waals surface area contributed by atoms with Crippen molar-refractivity contribution in [3.63, 3.8) is 0 Å². The first-order valence-corrected chi connectivity index (χ1v) is 9.40. The van der Waals surface area contributed by atoms with E-state index in [1.807, 2.05) is 18.2 Å². The Hall–Kier alpha value is -2.91. The van der Waals surface area contributed by atoms with Gasteiger partial charge in [-0.3, -0.25) is 0 Å². The maximum absolute atomic E-state index is 5.76. The summed E-state index contributed by atoms with van der Waals surface area (Å²) in [7, 11) is 0. The van der Waals surface area contributed by atoms with E-state index >= 15 is 0 Å². The lowest BCUT2D eigenvalue weighted by molar-refractivity contribution is 1.02. The highest BCUT2D eigenvalue weighted by Crippen LogP contribution is 2.31. The molecule has 0 fully saturated rings. The molecular formula is C23H20N2S. The molecule has 26 heavy (non-hydrogen) atoms. The van der Waals surface area contributed by atoms with Crippen LogP contribution in [0.2, 0.25) is 0 Å². The van der Waals surface area contributed by atoms with Gasteiger partial charge in [0.25, 0.3) is 0 Å². The summed E-state index contributed by atoms with van der Waals surface area (Å²) >= 11 is 1.74. The molecule has 0 aliphatic rings. The summed E-state index contributed by atoms with van der Waals surface area (Å²) in [5, 5.41) is 0. The van der Waals surface area contributed by atoms with E-state index in [4.69, 9.17) is 5.73 Å². The molecule has 1 heterocycles. The van der Waals surface area contributed by atoms with Crippen LogP contribution in [0.3, 0.4) is 0 Å². The minimum absolute atomic E-state index is 0.793. The van der Waals surface area contributed by atoms with Gasteiger partial charge < -0.3 is 10.3 Å².